The number of allylic oxidation sites excluding steroid dienone is 1. The van der Waals surface area contributed by atoms with Crippen molar-refractivity contribution < 1.29 is 22.8 Å². The minimum absolute atomic E-state index is 0.0881. The van der Waals surface area contributed by atoms with Crippen molar-refractivity contribution in [1.82, 2.24) is 10.2 Å². The number of benzene rings is 1. The summed E-state index contributed by atoms with van der Waals surface area (Å²) in [5, 5.41) is 25.6. The molecule has 128 valence electrons. The molecule has 2 aromatic rings. The molecule has 0 radical (unpaired) electrons. The first-order chi connectivity index (χ1) is 11.7. The molecule has 0 unspecified atom stereocenters. The van der Waals surface area contributed by atoms with Crippen LogP contribution in [0.5, 0.6) is 5.88 Å². The predicted molar refractivity (Wildman–Crippen MR) is 76.0 cm³/mol. The van der Waals surface area contributed by atoms with Gasteiger partial charge in [0, 0.05) is 12.1 Å². The first kappa shape index (κ1) is 16.3. The molecule has 0 fully saturated rings. The number of fused-ring (bicyclic) bond motifs is 1. The van der Waals surface area contributed by atoms with Crippen molar-refractivity contribution in [3.63, 3.8) is 0 Å². The summed E-state index contributed by atoms with van der Waals surface area (Å²) in [5.41, 5.74) is 3.42. The number of aromatic amines is 1. The lowest BCUT2D eigenvalue weighted by Gasteiger charge is -2.24. The molecule has 25 heavy (non-hydrogen) atoms. The van der Waals surface area contributed by atoms with Gasteiger partial charge in [0.2, 0.25) is 11.8 Å². The van der Waals surface area contributed by atoms with Crippen LogP contribution < -0.4 is 10.5 Å². The second kappa shape index (κ2) is 5.52. The van der Waals surface area contributed by atoms with E-state index in [2.05, 4.69) is 5.10 Å². The molecule has 1 aromatic carbocycles. The summed E-state index contributed by atoms with van der Waals surface area (Å²) in [4.78, 5) is 10.3. The second-order valence-corrected chi connectivity index (χ2v) is 5.09. The Labute approximate surface area is 137 Å². The van der Waals surface area contributed by atoms with Crippen LogP contribution in [0, 0.1) is 21.4 Å². The molecular formula is C14H8F3N5O3. The van der Waals surface area contributed by atoms with Gasteiger partial charge in [-0.05, 0) is 5.56 Å². The molecule has 0 aliphatic carbocycles. The summed E-state index contributed by atoms with van der Waals surface area (Å²) in [6.45, 7) is 0. The largest absolute Gasteiger partial charge is 0.433 e. The average Bonchev–Trinajstić information content (AvgIpc) is 2.97. The van der Waals surface area contributed by atoms with E-state index >= 15 is 0 Å². The van der Waals surface area contributed by atoms with E-state index in [1.165, 1.54) is 18.2 Å². The van der Waals surface area contributed by atoms with Gasteiger partial charge in [0.15, 0.2) is 0 Å². The van der Waals surface area contributed by atoms with Crippen molar-refractivity contribution in [2.75, 3.05) is 0 Å². The van der Waals surface area contributed by atoms with Crippen molar-refractivity contribution in [2.45, 2.75) is 12.1 Å². The highest BCUT2D eigenvalue weighted by molar-refractivity contribution is 5.56. The number of alkyl halides is 3. The molecule has 1 aliphatic rings. The van der Waals surface area contributed by atoms with Crippen LogP contribution in [0.15, 0.2) is 35.7 Å². The number of nitro groups is 1. The third-order valence-corrected chi connectivity index (χ3v) is 3.64. The fourth-order valence-corrected chi connectivity index (χ4v) is 2.61. The molecule has 0 bridgehead atoms. The van der Waals surface area contributed by atoms with E-state index in [9.17, 15) is 28.5 Å². The summed E-state index contributed by atoms with van der Waals surface area (Å²) in [5.74, 6) is -2.14. The zero-order valence-corrected chi connectivity index (χ0v) is 12.2. The van der Waals surface area contributed by atoms with Gasteiger partial charge in [-0.2, -0.15) is 18.4 Å². The normalized spacial score (nSPS) is 16.8. The number of H-pyrrole nitrogens is 1. The molecular weight excluding hydrogens is 343 g/mol. The number of halogens is 3. The van der Waals surface area contributed by atoms with Gasteiger partial charge >= 0.3 is 6.18 Å². The van der Waals surface area contributed by atoms with Crippen molar-refractivity contribution in [3.05, 3.63) is 62.7 Å². The van der Waals surface area contributed by atoms with E-state index in [4.69, 9.17) is 10.5 Å². The number of hydrogen-bond donors (Lipinski definition) is 2. The van der Waals surface area contributed by atoms with Crippen LogP contribution in [0.2, 0.25) is 0 Å². The molecule has 1 aromatic heterocycles. The van der Waals surface area contributed by atoms with Gasteiger partial charge in [-0.25, -0.2) is 0 Å². The number of ether oxygens (including phenoxy) is 1. The smallest absolute Gasteiger partial charge is 0.420 e. The molecule has 0 amide bonds. The summed E-state index contributed by atoms with van der Waals surface area (Å²) >= 11 is 0. The van der Waals surface area contributed by atoms with E-state index in [0.29, 0.717) is 0 Å². The van der Waals surface area contributed by atoms with Gasteiger partial charge < -0.3 is 10.5 Å². The van der Waals surface area contributed by atoms with Crippen molar-refractivity contribution in [3.8, 4) is 11.9 Å². The van der Waals surface area contributed by atoms with E-state index in [0.717, 1.165) is 6.07 Å². The van der Waals surface area contributed by atoms with Crippen molar-refractivity contribution >= 4 is 5.69 Å². The number of nitriles is 1. The maximum Gasteiger partial charge on any atom is 0.433 e. The van der Waals surface area contributed by atoms with Gasteiger partial charge in [-0.1, -0.05) is 12.1 Å². The van der Waals surface area contributed by atoms with Crippen LogP contribution in [0.1, 0.15) is 22.7 Å². The third kappa shape index (κ3) is 2.63. The number of aromatic nitrogens is 2. The summed E-state index contributed by atoms with van der Waals surface area (Å²) in [6.07, 6.45) is -4.80. The number of non-ortho nitro benzene ring substituents is 1. The number of nitrogens with zero attached hydrogens (tertiary/aromatic N) is 3. The van der Waals surface area contributed by atoms with Gasteiger partial charge in [-0.3, -0.25) is 15.2 Å². The molecule has 2 heterocycles. The third-order valence-electron chi connectivity index (χ3n) is 3.64. The van der Waals surface area contributed by atoms with Gasteiger partial charge in [0.1, 0.15) is 17.3 Å². The van der Waals surface area contributed by atoms with Crippen molar-refractivity contribution in [2.24, 2.45) is 5.73 Å². The molecule has 8 nitrogen and oxygen atoms in total. The number of nitro benzene ring substituents is 1. The summed E-state index contributed by atoms with van der Waals surface area (Å²) in [7, 11) is 0. The highest BCUT2D eigenvalue weighted by Gasteiger charge is 2.44. The summed E-state index contributed by atoms with van der Waals surface area (Å²) < 4.78 is 44.8. The number of nitrogens with two attached hydrogens (primary N) is 1. The van der Waals surface area contributed by atoms with E-state index in [1.54, 1.807) is 6.07 Å². The highest BCUT2D eigenvalue weighted by Crippen LogP contribution is 2.47. The molecule has 11 heteroatoms. The molecule has 0 saturated heterocycles. The van der Waals surface area contributed by atoms with Crippen LogP contribution in [0.3, 0.4) is 0 Å². The fraction of sp³-hybridized carbons (Fsp3) is 0.143. The standard InChI is InChI=1S/C14H8F3N5O3/c15-14(16,17)11-10-9(6-2-1-3-7(4-6)22(23)24)8(5-18)12(19)25-13(10)21-20-11/h1-4,9H,19H2,(H,20,21)/t9-/m1/s1. The Hall–Kier alpha value is -3.55. The lowest BCUT2D eigenvalue weighted by molar-refractivity contribution is -0.384. The van der Waals surface area contributed by atoms with Crippen LogP contribution >= 0.6 is 0 Å². The highest BCUT2D eigenvalue weighted by atomic mass is 19.4. The van der Waals surface area contributed by atoms with E-state index in [1.807, 2.05) is 5.10 Å². The number of hydrogen-bond acceptors (Lipinski definition) is 6. The zero-order valence-electron chi connectivity index (χ0n) is 12.2. The van der Waals surface area contributed by atoms with Crippen LogP contribution in [-0.4, -0.2) is 15.1 Å². The summed E-state index contributed by atoms with van der Waals surface area (Å²) in [6, 6.07) is 6.65. The van der Waals surface area contributed by atoms with Crippen LogP contribution in [-0.2, 0) is 6.18 Å². The van der Waals surface area contributed by atoms with Crippen molar-refractivity contribution in [1.29, 1.82) is 5.26 Å². The Bertz CT molecular complexity index is 942. The van der Waals surface area contributed by atoms with Crippen LogP contribution in [0.4, 0.5) is 18.9 Å². The molecule has 0 spiro atoms. The number of rotatable bonds is 2. The first-order valence-corrected chi connectivity index (χ1v) is 6.71. The Morgan fingerprint density at radius 3 is 2.76 bits per heavy atom. The van der Waals surface area contributed by atoms with Gasteiger partial charge in [-0.15, -0.1) is 5.10 Å². The Morgan fingerprint density at radius 2 is 2.16 bits per heavy atom. The zero-order chi connectivity index (χ0) is 18.4. The quantitative estimate of drug-likeness (QED) is 0.631. The topological polar surface area (TPSA) is 131 Å². The SMILES string of the molecule is N#CC1=C(N)Oc2n[nH]c(C(F)(F)F)c2[C@@H]1c1cccc([N+](=O)[O-])c1. The monoisotopic (exact) mass is 351 g/mol. The minimum Gasteiger partial charge on any atom is -0.420 e. The molecule has 3 N–H and O–H groups in total. The lowest BCUT2D eigenvalue weighted by atomic mass is 9.84. The first-order valence-electron chi connectivity index (χ1n) is 6.71. The Balaban J connectivity index is 2.28. The van der Waals surface area contributed by atoms with Gasteiger partial charge in [0.25, 0.3) is 5.69 Å². The lowest BCUT2D eigenvalue weighted by Crippen LogP contribution is -2.22. The predicted octanol–water partition coefficient (Wildman–Crippen LogP) is 2.55. The second-order valence-electron chi connectivity index (χ2n) is 5.09. The number of nitrogens with one attached hydrogen (secondary N) is 1. The Kier molecular flexibility index (Phi) is 3.60. The maximum atomic E-state index is 13.3. The van der Waals surface area contributed by atoms with Crippen LogP contribution in [0.25, 0.3) is 0 Å². The molecule has 3 rings (SSSR count). The fourth-order valence-electron chi connectivity index (χ4n) is 2.61. The van der Waals surface area contributed by atoms with E-state index < -0.39 is 40.0 Å². The van der Waals surface area contributed by atoms with Gasteiger partial charge in [0.05, 0.1) is 16.4 Å². The average molecular weight is 351 g/mol. The molecule has 0 saturated carbocycles. The molecule has 1 aliphatic heterocycles. The van der Waals surface area contributed by atoms with E-state index in [-0.39, 0.29) is 16.8 Å². The molecule has 1 atom stereocenters. The minimum atomic E-state index is -4.80. The maximum absolute atomic E-state index is 13.3. The Morgan fingerprint density at radius 1 is 1.44 bits per heavy atom.